The fourth-order valence-corrected chi connectivity index (χ4v) is 3.16. The molecule has 0 amide bonds. The van der Waals surface area contributed by atoms with Gasteiger partial charge in [-0.1, -0.05) is 68.6 Å². The average molecular weight is 410 g/mol. The molecule has 130 valence electrons. The van der Waals surface area contributed by atoms with Crippen molar-refractivity contribution in [1.29, 1.82) is 0 Å². The predicted molar refractivity (Wildman–Crippen MR) is 97.0 cm³/mol. The maximum atomic E-state index is 10.4. The molecule has 0 radical (unpaired) electrons. The second-order valence-electron chi connectivity index (χ2n) is 4.88. The first-order valence-electron chi connectivity index (χ1n) is 7.41. The van der Waals surface area contributed by atoms with Gasteiger partial charge in [0, 0.05) is 31.6 Å². The van der Waals surface area contributed by atoms with E-state index < -0.39 is 0 Å². The number of halogens is 2. The number of hydrogen-bond acceptors (Lipinski definition) is 4. The van der Waals surface area contributed by atoms with Crippen molar-refractivity contribution in [2.24, 2.45) is 7.05 Å². The van der Waals surface area contributed by atoms with E-state index in [2.05, 4.69) is 22.7 Å². The Balaban J connectivity index is -0.000000347. The molecule has 0 unspecified atom stereocenters. The average Bonchev–Trinajstić information content (AvgIpc) is 3.08. The number of hydrogen-bond donors (Lipinski definition) is 0. The van der Waals surface area contributed by atoms with Crippen LogP contribution < -0.4 is 30.4 Å². The molecule has 1 aromatic rings. The Bertz CT molecular complexity index is 433. The quantitative estimate of drug-likeness (QED) is 0.293. The second-order valence-corrected chi connectivity index (χ2v) is 6.91. The van der Waals surface area contributed by atoms with Gasteiger partial charge in [-0.05, 0) is 11.8 Å². The van der Waals surface area contributed by atoms with Gasteiger partial charge in [0.15, 0.2) is 0 Å². The summed E-state index contributed by atoms with van der Waals surface area (Å²) in [5.74, 6) is 0. The number of aryl methyl sites for hydroxylation is 1. The maximum absolute atomic E-state index is 10.4. The minimum Gasteiger partial charge on any atom is -1.00 e. The van der Waals surface area contributed by atoms with Crippen LogP contribution in [-0.4, -0.2) is 44.4 Å². The maximum Gasteiger partial charge on any atom is 2.00 e. The molecule has 0 N–H and O–H groups in total. The van der Waals surface area contributed by atoms with Gasteiger partial charge in [0.2, 0.25) is 0 Å². The van der Waals surface area contributed by atoms with Crippen molar-refractivity contribution in [3.8, 4) is 0 Å². The molecule has 0 spiro atoms. The summed E-state index contributed by atoms with van der Waals surface area (Å²) in [7, 11) is 1.74. The fraction of sp³-hybridized carbons (Fsp3) is 0.667. The molecule has 0 aromatic carbocycles. The van der Waals surface area contributed by atoms with E-state index in [0.29, 0.717) is 0 Å². The smallest absolute Gasteiger partial charge is 1.00 e. The molecule has 1 aliphatic heterocycles. The van der Waals surface area contributed by atoms with Crippen molar-refractivity contribution < 1.29 is 24.8 Å². The molecule has 1 aliphatic rings. The molecule has 0 bridgehead atoms. The van der Waals surface area contributed by atoms with Gasteiger partial charge in [0.05, 0.1) is 0 Å². The van der Waals surface area contributed by atoms with Crippen LogP contribution in [-0.2, 0) is 7.05 Å². The van der Waals surface area contributed by atoms with Gasteiger partial charge in [0.1, 0.15) is 0 Å². The van der Waals surface area contributed by atoms with Crippen LogP contribution in [0.3, 0.4) is 0 Å². The van der Waals surface area contributed by atoms with Gasteiger partial charge in [-0.15, -0.1) is 0 Å². The Morgan fingerprint density at radius 1 is 1.13 bits per heavy atom. The molecule has 1 aromatic heterocycles. The van der Waals surface area contributed by atoms with E-state index in [1.807, 2.05) is 11.9 Å². The summed E-state index contributed by atoms with van der Waals surface area (Å²) in [5, 5.41) is 3.96. The van der Waals surface area contributed by atoms with Gasteiger partial charge >= 0.3 is 23.1 Å². The minimum atomic E-state index is 0. The Hall–Kier alpha value is 0.826. The van der Waals surface area contributed by atoms with Gasteiger partial charge in [-0.25, -0.2) is 4.31 Å². The summed E-state index contributed by atoms with van der Waals surface area (Å²) in [4.78, 5) is 10.4. The first-order valence-corrected chi connectivity index (χ1v) is 9.09. The van der Waals surface area contributed by atoms with E-state index in [1.165, 1.54) is 56.6 Å². The Kier molecular flexibility index (Phi) is 23.8. The fourth-order valence-electron chi connectivity index (χ4n) is 1.88. The third-order valence-electron chi connectivity index (χ3n) is 3.12. The van der Waals surface area contributed by atoms with Crippen LogP contribution in [0.5, 0.6) is 0 Å². The molecule has 0 saturated carbocycles. The van der Waals surface area contributed by atoms with E-state index in [0.717, 1.165) is 6.54 Å². The largest absolute Gasteiger partial charge is 2.00 e. The Morgan fingerprint density at radius 2 is 1.78 bits per heavy atom. The molecule has 23 heavy (non-hydrogen) atoms. The van der Waals surface area contributed by atoms with Crippen molar-refractivity contribution >= 4 is 46.5 Å². The normalized spacial score (nSPS) is 12.4. The number of aromatic nitrogens is 1. The van der Waals surface area contributed by atoms with Crippen molar-refractivity contribution in [2.45, 2.75) is 45.4 Å². The first kappa shape index (κ1) is 28.6. The van der Waals surface area contributed by atoms with Crippen LogP contribution in [0.2, 0.25) is 0 Å². The molecule has 0 fully saturated rings. The summed E-state index contributed by atoms with van der Waals surface area (Å²) in [6.07, 6.45) is 10.7. The molecular weight excluding hydrogens is 384 g/mol. The standard InChI is InChI=1S/C11H21NS.C4H5NOS.2ClH.Mg/c1-2-3-4-5-6-7-9-12-10-8-11-13-12;1-5-4(6)2-3-7-5;;;/h8,11H,2-7,9-10H2,1H3;2-3H,1H3;2*1H;/q;;;;+2/p-2. The van der Waals surface area contributed by atoms with Crippen molar-refractivity contribution in [2.75, 3.05) is 13.1 Å². The SMILES string of the molecule is CCCCCCCCN1CC=CS1.Cn1sccc1=O.[Cl-].[Cl-].[Mg+2]. The summed E-state index contributed by atoms with van der Waals surface area (Å²) in [6, 6.07) is 1.55. The molecule has 2 heterocycles. The van der Waals surface area contributed by atoms with Crippen LogP contribution in [0.25, 0.3) is 0 Å². The topological polar surface area (TPSA) is 25.2 Å². The van der Waals surface area contributed by atoms with Gasteiger partial charge in [0.25, 0.3) is 5.56 Å². The summed E-state index contributed by atoms with van der Waals surface area (Å²) < 4.78 is 4.00. The molecule has 2 rings (SSSR count). The monoisotopic (exact) mass is 408 g/mol. The zero-order chi connectivity index (χ0) is 14.6. The number of nitrogens with zero attached hydrogens (tertiary/aromatic N) is 2. The van der Waals surface area contributed by atoms with Gasteiger partial charge in [-0.2, -0.15) is 0 Å². The number of unbranched alkanes of at least 4 members (excludes halogenated alkanes) is 5. The van der Waals surface area contributed by atoms with E-state index in [9.17, 15) is 4.79 Å². The van der Waals surface area contributed by atoms with Crippen LogP contribution in [0, 0.1) is 0 Å². The third kappa shape index (κ3) is 14.8. The summed E-state index contributed by atoms with van der Waals surface area (Å²) in [6.45, 7) is 4.69. The zero-order valence-corrected chi connectivity index (χ0v) is 18.6. The molecular formula is C15H26Cl2MgN2OS2. The Labute approximate surface area is 177 Å². The molecule has 3 nitrogen and oxygen atoms in total. The van der Waals surface area contributed by atoms with Crippen molar-refractivity contribution in [3.63, 3.8) is 0 Å². The molecule has 0 atom stereocenters. The Morgan fingerprint density at radius 3 is 2.22 bits per heavy atom. The van der Waals surface area contributed by atoms with E-state index in [-0.39, 0.29) is 53.4 Å². The van der Waals surface area contributed by atoms with E-state index in [4.69, 9.17) is 0 Å². The van der Waals surface area contributed by atoms with Crippen molar-refractivity contribution in [1.82, 2.24) is 8.26 Å². The molecule has 8 heteroatoms. The van der Waals surface area contributed by atoms with Crippen LogP contribution in [0.15, 0.2) is 27.7 Å². The summed E-state index contributed by atoms with van der Waals surface area (Å²) >= 11 is 3.27. The van der Waals surface area contributed by atoms with Crippen LogP contribution >= 0.6 is 23.5 Å². The first-order chi connectivity index (χ1) is 9.74. The van der Waals surface area contributed by atoms with Crippen molar-refractivity contribution in [3.05, 3.63) is 33.3 Å². The minimum absolute atomic E-state index is 0. The van der Waals surface area contributed by atoms with Crippen LogP contribution in [0.4, 0.5) is 0 Å². The summed E-state index contributed by atoms with van der Waals surface area (Å²) in [5.41, 5.74) is 0.0741. The zero-order valence-electron chi connectivity index (χ0n) is 14.0. The van der Waals surface area contributed by atoms with E-state index in [1.54, 1.807) is 22.5 Å². The number of rotatable bonds is 7. The van der Waals surface area contributed by atoms with Crippen LogP contribution in [0.1, 0.15) is 45.4 Å². The molecule has 0 saturated heterocycles. The van der Waals surface area contributed by atoms with Gasteiger partial charge < -0.3 is 24.8 Å². The molecule has 0 aliphatic carbocycles. The van der Waals surface area contributed by atoms with E-state index >= 15 is 0 Å². The third-order valence-corrected chi connectivity index (χ3v) is 4.81. The van der Waals surface area contributed by atoms with Gasteiger partial charge in [-0.3, -0.25) is 8.75 Å². The second kappa shape index (κ2) is 19.2. The predicted octanol–water partition coefficient (Wildman–Crippen LogP) is -2.10.